The Labute approximate surface area is 82.2 Å². The van der Waals surface area contributed by atoms with Gasteiger partial charge in [0.1, 0.15) is 5.82 Å². The zero-order valence-corrected chi connectivity index (χ0v) is 8.40. The lowest BCUT2D eigenvalue weighted by Crippen LogP contribution is -2.16. The highest BCUT2D eigenvalue weighted by Gasteiger charge is 2.16. The van der Waals surface area contributed by atoms with E-state index in [1.807, 2.05) is 20.8 Å². The van der Waals surface area contributed by atoms with Crippen molar-refractivity contribution in [3.05, 3.63) is 18.2 Å². The quantitative estimate of drug-likeness (QED) is 0.717. The Morgan fingerprint density at radius 3 is 2.21 bits per heavy atom. The molecular weight excluding hydrogens is 182 g/mol. The van der Waals surface area contributed by atoms with Crippen molar-refractivity contribution in [2.45, 2.75) is 26.2 Å². The van der Waals surface area contributed by atoms with Gasteiger partial charge in [-0.15, -0.1) is 0 Å². The lowest BCUT2D eigenvalue weighted by atomic mass is 9.96. The van der Waals surface area contributed by atoms with Crippen LogP contribution in [0.25, 0.3) is 0 Å². The van der Waals surface area contributed by atoms with Crippen LogP contribution >= 0.6 is 0 Å². The Hall–Kier alpha value is -1.65. The molecule has 1 aromatic heterocycles. The van der Waals surface area contributed by atoms with Crippen LogP contribution in [0.1, 0.15) is 26.6 Å². The second-order valence-corrected chi connectivity index (χ2v) is 3.98. The summed E-state index contributed by atoms with van der Waals surface area (Å²) in [5.41, 5.74) is 0.257. The number of hydrogen-bond donors (Lipinski definition) is 2. The SMILES string of the molecule is CC(C)(C)c1ncc(NC(=O)O)cn1. The largest absolute Gasteiger partial charge is 0.465 e. The smallest absolute Gasteiger partial charge is 0.409 e. The molecule has 0 aliphatic rings. The molecule has 0 aliphatic heterocycles. The Balaban J connectivity index is 2.84. The van der Waals surface area contributed by atoms with E-state index in [1.165, 1.54) is 12.4 Å². The molecule has 76 valence electrons. The molecule has 0 atom stereocenters. The molecule has 0 saturated heterocycles. The number of nitrogens with one attached hydrogen (secondary N) is 1. The lowest BCUT2D eigenvalue weighted by molar-refractivity contribution is 0.209. The zero-order chi connectivity index (χ0) is 10.8. The van der Waals surface area contributed by atoms with Crippen molar-refractivity contribution in [1.82, 2.24) is 9.97 Å². The van der Waals surface area contributed by atoms with E-state index in [1.54, 1.807) is 0 Å². The maximum atomic E-state index is 10.3. The first-order valence-corrected chi connectivity index (χ1v) is 4.22. The van der Waals surface area contributed by atoms with E-state index in [0.29, 0.717) is 11.5 Å². The molecule has 0 aromatic carbocycles. The standard InChI is InChI=1S/C9H13N3O2/c1-9(2,3)7-10-4-6(5-11-7)12-8(13)14/h4-5,12H,1-3H3,(H,13,14). The van der Waals surface area contributed by atoms with E-state index < -0.39 is 6.09 Å². The molecule has 2 N–H and O–H groups in total. The van der Waals surface area contributed by atoms with Crippen LogP contribution in [0, 0.1) is 0 Å². The summed E-state index contributed by atoms with van der Waals surface area (Å²) in [5.74, 6) is 0.688. The van der Waals surface area contributed by atoms with Crippen LogP contribution in [0.15, 0.2) is 12.4 Å². The van der Waals surface area contributed by atoms with Crippen LogP contribution in [-0.4, -0.2) is 21.2 Å². The predicted molar refractivity (Wildman–Crippen MR) is 52.4 cm³/mol. The van der Waals surface area contributed by atoms with Crippen molar-refractivity contribution in [3.63, 3.8) is 0 Å². The Kier molecular flexibility index (Phi) is 2.69. The number of carbonyl (C=O) groups is 1. The summed E-state index contributed by atoms with van der Waals surface area (Å²) in [5, 5.41) is 10.6. The number of aromatic nitrogens is 2. The van der Waals surface area contributed by atoms with Crippen molar-refractivity contribution >= 4 is 11.8 Å². The number of hydrogen-bond acceptors (Lipinski definition) is 3. The second kappa shape index (κ2) is 3.61. The fraction of sp³-hybridized carbons (Fsp3) is 0.444. The van der Waals surface area contributed by atoms with Crippen LogP contribution in [0.4, 0.5) is 10.5 Å². The molecule has 1 amide bonds. The number of carboxylic acid groups (broad SMARTS) is 1. The second-order valence-electron chi connectivity index (χ2n) is 3.98. The third kappa shape index (κ3) is 2.69. The highest BCUT2D eigenvalue weighted by atomic mass is 16.4. The van der Waals surface area contributed by atoms with E-state index >= 15 is 0 Å². The van der Waals surface area contributed by atoms with Crippen LogP contribution in [0.3, 0.4) is 0 Å². The number of anilines is 1. The summed E-state index contributed by atoms with van der Waals surface area (Å²) < 4.78 is 0. The highest BCUT2D eigenvalue weighted by molar-refractivity contribution is 5.82. The van der Waals surface area contributed by atoms with Crippen LogP contribution in [0.2, 0.25) is 0 Å². The van der Waals surface area contributed by atoms with Gasteiger partial charge in [0.25, 0.3) is 0 Å². The van der Waals surface area contributed by atoms with E-state index in [-0.39, 0.29) is 5.41 Å². The molecule has 5 nitrogen and oxygen atoms in total. The van der Waals surface area contributed by atoms with Gasteiger partial charge in [-0.1, -0.05) is 20.8 Å². The summed E-state index contributed by atoms with van der Waals surface area (Å²) in [4.78, 5) is 18.4. The molecule has 0 fully saturated rings. The van der Waals surface area contributed by atoms with Gasteiger partial charge in [0.05, 0.1) is 18.1 Å². The predicted octanol–water partition coefficient (Wildman–Crippen LogP) is 1.86. The van der Waals surface area contributed by atoms with Crippen molar-refractivity contribution in [2.24, 2.45) is 0 Å². The van der Waals surface area contributed by atoms with Crippen LogP contribution in [-0.2, 0) is 5.41 Å². The maximum absolute atomic E-state index is 10.3. The van der Waals surface area contributed by atoms with Gasteiger partial charge in [-0.05, 0) is 0 Å². The first kappa shape index (κ1) is 10.4. The summed E-state index contributed by atoms with van der Waals surface area (Å²) in [6, 6.07) is 0. The molecular formula is C9H13N3O2. The van der Waals surface area contributed by atoms with Gasteiger partial charge in [0.2, 0.25) is 0 Å². The van der Waals surface area contributed by atoms with Crippen molar-refractivity contribution in [2.75, 3.05) is 5.32 Å². The molecule has 0 bridgehead atoms. The molecule has 14 heavy (non-hydrogen) atoms. The molecule has 0 saturated carbocycles. The minimum Gasteiger partial charge on any atom is -0.465 e. The van der Waals surface area contributed by atoms with Crippen LogP contribution < -0.4 is 5.32 Å². The van der Waals surface area contributed by atoms with E-state index in [4.69, 9.17) is 5.11 Å². The normalized spacial score (nSPS) is 11.1. The molecule has 0 radical (unpaired) electrons. The van der Waals surface area contributed by atoms with E-state index in [2.05, 4.69) is 15.3 Å². The molecule has 0 aliphatic carbocycles. The van der Waals surface area contributed by atoms with Crippen molar-refractivity contribution in [3.8, 4) is 0 Å². The Morgan fingerprint density at radius 2 is 1.86 bits per heavy atom. The minimum atomic E-state index is -1.11. The van der Waals surface area contributed by atoms with Crippen molar-refractivity contribution in [1.29, 1.82) is 0 Å². The molecule has 0 unspecified atom stereocenters. The molecule has 1 heterocycles. The zero-order valence-electron chi connectivity index (χ0n) is 8.40. The Bertz CT molecular complexity index is 327. The van der Waals surface area contributed by atoms with Gasteiger partial charge in [0, 0.05) is 5.41 Å². The fourth-order valence-corrected chi connectivity index (χ4v) is 0.903. The summed E-state index contributed by atoms with van der Waals surface area (Å²) in [7, 11) is 0. The maximum Gasteiger partial charge on any atom is 0.409 e. The number of nitrogens with zero attached hydrogens (tertiary/aromatic N) is 2. The van der Waals surface area contributed by atoms with Crippen molar-refractivity contribution < 1.29 is 9.90 Å². The van der Waals surface area contributed by atoms with Gasteiger partial charge in [-0.3, -0.25) is 5.32 Å². The number of amides is 1. The minimum absolute atomic E-state index is 0.123. The monoisotopic (exact) mass is 195 g/mol. The Morgan fingerprint density at radius 1 is 1.36 bits per heavy atom. The highest BCUT2D eigenvalue weighted by Crippen LogP contribution is 2.17. The molecule has 5 heteroatoms. The first-order valence-electron chi connectivity index (χ1n) is 4.22. The third-order valence-corrected chi connectivity index (χ3v) is 1.57. The summed E-state index contributed by atoms with van der Waals surface area (Å²) >= 11 is 0. The van der Waals surface area contributed by atoms with E-state index in [0.717, 1.165) is 0 Å². The molecule has 0 spiro atoms. The van der Waals surface area contributed by atoms with Gasteiger partial charge in [-0.2, -0.15) is 0 Å². The first-order chi connectivity index (χ1) is 6.39. The topological polar surface area (TPSA) is 75.1 Å². The van der Waals surface area contributed by atoms with E-state index in [9.17, 15) is 4.79 Å². The number of rotatable bonds is 1. The fourth-order valence-electron chi connectivity index (χ4n) is 0.903. The third-order valence-electron chi connectivity index (χ3n) is 1.57. The van der Waals surface area contributed by atoms with Crippen LogP contribution in [0.5, 0.6) is 0 Å². The molecule has 1 aromatic rings. The summed E-state index contributed by atoms with van der Waals surface area (Å²) in [6.07, 6.45) is 1.81. The van der Waals surface area contributed by atoms with Gasteiger partial charge < -0.3 is 5.11 Å². The molecule has 1 rings (SSSR count). The van der Waals surface area contributed by atoms with Gasteiger partial charge in [-0.25, -0.2) is 14.8 Å². The average Bonchev–Trinajstić information content (AvgIpc) is 2.02. The summed E-state index contributed by atoms with van der Waals surface area (Å²) in [6.45, 7) is 5.98. The van der Waals surface area contributed by atoms with Gasteiger partial charge >= 0.3 is 6.09 Å². The lowest BCUT2D eigenvalue weighted by Gasteiger charge is -2.15. The van der Waals surface area contributed by atoms with Gasteiger partial charge in [0.15, 0.2) is 0 Å². The average molecular weight is 195 g/mol.